The van der Waals surface area contributed by atoms with Gasteiger partial charge in [0.1, 0.15) is 5.75 Å². The Bertz CT molecular complexity index is 1070. The summed E-state index contributed by atoms with van der Waals surface area (Å²) in [4.78, 5) is 38.9. The molecule has 0 aliphatic carbocycles. The van der Waals surface area contributed by atoms with Crippen LogP contribution < -0.4 is 15.0 Å². The third-order valence-corrected chi connectivity index (χ3v) is 4.49. The molecule has 0 radical (unpaired) electrons. The summed E-state index contributed by atoms with van der Waals surface area (Å²) in [6.07, 6.45) is 0. The van der Waals surface area contributed by atoms with E-state index in [0.717, 1.165) is 4.90 Å². The smallest absolute Gasteiger partial charge is 0.266 e. The summed E-state index contributed by atoms with van der Waals surface area (Å²) in [6.45, 7) is 0. The normalized spacial score (nSPS) is 12.7. The van der Waals surface area contributed by atoms with Crippen molar-refractivity contribution in [2.75, 3.05) is 17.3 Å². The summed E-state index contributed by atoms with van der Waals surface area (Å²) in [6, 6.07) is 20.1. The predicted octanol–water partition coefficient (Wildman–Crippen LogP) is 3.75. The van der Waals surface area contributed by atoms with Crippen LogP contribution in [-0.2, 0) is 0 Å². The second-order valence-corrected chi connectivity index (χ2v) is 6.23. The van der Waals surface area contributed by atoms with Gasteiger partial charge < -0.3 is 10.1 Å². The zero-order valence-electron chi connectivity index (χ0n) is 15.0. The molecule has 1 aliphatic rings. The van der Waals surface area contributed by atoms with E-state index in [1.165, 1.54) is 7.11 Å². The molecule has 0 saturated carbocycles. The molecular formula is C22H16N2O4. The molecule has 0 unspecified atom stereocenters. The number of ether oxygens (including phenoxy) is 1. The lowest BCUT2D eigenvalue weighted by molar-refractivity contribution is 0.0925. The lowest BCUT2D eigenvalue weighted by Gasteiger charge is -2.15. The Morgan fingerprint density at radius 3 is 2.21 bits per heavy atom. The van der Waals surface area contributed by atoms with Gasteiger partial charge in [-0.05, 0) is 48.5 Å². The highest BCUT2D eigenvalue weighted by Crippen LogP contribution is 2.29. The molecule has 1 heterocycles. The molecule has 3 aromatic carbocycles. The number of nitrogens with zero attached hydrogens (tertiary/aromatic N) is 1. The molecule has 3 amide bonds. The number of nitrogens with one attached hydrogen (secondary N) is 1. The fourth-order valence-electron chi connectivity index (χ4n) is 3.11. The summed E-state index contributed by atoms with van der Waals surface area (Å²) in [7, 11) is 1.53. The van der Waals surface area contributed by atoms with Gasteiger partial charge >= 0.3 is 0 Å². The van der Waals surface area contributed by atoms with E-state index >= 15 is 0 Å². The first-order chi connectivity index (χ1) is 13.6. The number of imide groups is 1. The molecule has 138 valence electrons. The van der Waals surface area contributed by atoms with E-state index in [1.54, 1.807) is 72.8 Å². The number of hydrogen-bond donors (Lipinski definition) is 1. The van der Waals surface area contributed by atoms with E-state index in [1.807, 2.05) is 0 Å². The van der Waals surface area contributed by atoms with Crippen LogP contribution in [0.5, 0.6) is 5.75 Å². The van der Waals surface area contributed by atoms with Crippen LogP contribution in [0.15, 0.2) is 72.8 Å². The molecule has 0 saturated heterocycles. The maximum Gasteiger partial charge on any atom is 0.266 e. The molecule has 0 bridgehead atoms. The molecule has 6 heteroatoms. The van der Waals surface area contributed by atoms with Gasteiger partial charge in [-0.2, -0.15) is 0 Å². The number of carbonyl (C=O) groups excluding carboxylic acids is 3. The van der Waals surface area contributed by atoms with Crippen molar-refractivity contribution in [3.63, 3.8) is 0 Å². The molecule has 28 heavy (non-hydrogen) atoms. The number of amides is 3. The summed E-state index contributed by atoms with van der Waals surface area (Å²) >= 11 is 0. The van der Waals surface area contributed by atoms with Crippen molar-refractivity contribution in [1.29, 1.82) is 0 Å². The maximum absolute atomic E-state index is 12.6. The van der Waals surface area contributed by atoms with Crippen LogP contribution in [0, 0.1) is 0 Å². The fraction of sp³-hybridized carbons (Fsp3) is 0.0455. The fourth-order valence-corrected chi connectivity index (χ4v) is 3.11. The summed E-state index contributed by atoms with van der Waals surface area (Å²) in [5, 5.41) is 2.78. The minimum absolute atomic E-state index is 0.321. The van der Waals surface area contributed by atoms with Gasteiger partial charge in [0.2, 0.25) is 0 Å². The Labute approximate surface area is 161 Å². The monoisotopic (exact) mass is 372 g/mol. The van der Waals surface area contributed by atoms with E-state index in [-0.39, 0.29) is 17.7 Å². The highest BCUT2D eigenvalue weighted by molar-refractivity contribution is 6.34. The highest BCUT2D eigenvalue weighted by Gasteiger charge is 2.36. The van der Waals surface area contributed by atoms with Gasteiger partial charge in [0, 0.05) is 11.3 Å². The molecular weight excluding hydrogens is 356 g/mol. The average molecular weight is 372 g/mol. The Morgan fingerprint density at radius 1 is 0.857 bits per heavy atom. The van der Waals surface area contributed by atoms with E-state index < -0.39 is 0 Å². The number of carbonyl (C=O) groups is 3. The number of anilines is 2. The van der Waals surface area contributed by atoms with Crippen LogP contribution in [0.4, 0.5) is 11.4 Å². The first kappa shape index (κ1) is 17.5. The van der Waals surface area contributed by atoms with Crippen molar-refractivity contribution in [1.82, 2.24) is 0 Å². The van der Waals surface area contributed by atoms with Crippen LogP contribution in [0.1, 0.15) is 31.1 Å². The number of fused-ring (bicyclic) bond motifs is 1. The molecule has 0 fully saturated rings. The van der Waals surface area contributed by atoms with Gasteiger partial charge in [-0.3, -0.25) is 14.4 Å². The second-order valence-electron chi connectivity index (χ2n) is 6.23. The van der Waals surface area contributed by atoms with E-state index in [9.17, 15) is 14.4 Å². The topological polar surface area (TPSA) is 75.7 Å². The largest absolute Gasteiger partial charge is 0.497 e. The Hall–Kier alpha value is -3.93. The molecule has 3 aromatic rings. The molecule has 0 spiro atoms. The first-order valence-electron chi connectivity index (χ1n) is 8.62. The Balaban J connectivity index is 1.60. The van der Waals surface area contributed by atoms with Gasteiger partial charge in [-0.15, -0.1) is 0 Å². The van der Waals surface area contributed by atoms with Gasteiger partial charge in [-0.25, -0.2) is 4.90 Å². The highest BCUT2D eigenvalue weighted by atomic mass is 16.5. The minimum Gasteiger partial charge on any atom is -0.497 e. The molecule has 6 nitrogen and oxygen atoms in total. The number of methoxy groups -OCH3 is 1. The van der Waals surface area contributed by atoms with Gasteiger partial charge in [0.25, 0.3) is 17.7 Å². The van der Waals surface area contributed by atoms with Gasteiger partial charge in [0.05, 0.1) is 23.9 Å². The predicted molar refractivity (Wildman–Crippen MR) is 105 cm³/mol. The van der Waals surface area contributed by atoms with Crippen LogP contribution in [0.25, 0.3) is 0 Å². The lowest BCUT2D eigenvalue weighted by Crippen LogP contribution is -2.29. The van der Waals surface area contributed by atoms with Crippen molar-refractivity contribution in [2.45, 2.75) is 0 Å². The minimum atomic E-state index is -0.378. The zero-order valence-corrected chi connectivity index (χ0v) is 15.0. The third-order valence-electron chi connectivity index (χ3n) is 4.49. The van der Waals surface area contributed by atoms with E-state index in [0.29, 0.717) is 33.8 Å². The van der Waals surface area contributed by atoms with Crippen molar-refractivity contribution >= 4 is 29.1 Å². The third kappa shape index (κ3) is 3.01. The van der Waals surface area contributed by atoms with Crippen molar-refractivity contribution < 1.29 is 19.1 Å². The van der Waals surface area contributed by atoms with Crippen molar-refractivity contribution in [2.24, 2.45) is 0 Å². The number of benzene rings is 3. The average Bonchev–Trinajstić information content (AvgIpc) is 2.99. The van der Waals surface area contributed by atoms with Crippen LogP contribution in [0.3, 0.4) is 0 Å². The van der Waals surface area contributed by atoms with Gasteiger partial charge in [-0.1, -0.05) is 24.3 Å². The second kappa shape index (κ2) is 7.00. The van der Waals surface area contributed by atoms with E-state index in [4.69, 9.17) is 4.74 Å². The maximum atomic E-state index is 12.6. The summed E-state index contributed by atoms with van der Waals surface area (Å²) in [5.41, 5.74) is 2.05. The Morgan fingerprint density at radius 2 is 1.54 bits per heavy atom. The number of hydrogen-bond acceptors (Lipinski definition) is 4. The SMILES string of the molecule is COc1cccc(C(=O)Nc2cccc(N3C(=O)c4ccccc4C3=O)c2)c1. The van der Waals surface area contributed by atoms with Crippen LogP contribution in [-0.4, -0.2) is 24.8 Å². The van der Waals surface area contributed by atoms with E-state index in [2.05, 4.69) is 5.32 Å². The Kier molecular flexibility index (Phi) is 4.37. The lowest BCUT2D eigenvalue weighted by atomic mass is 10.1. The van der Waals surface area contributed by atoms with Crippen molar-refractivity contribution in [3.05, 3.63) is 89.5 Å². The number of rotatable bonds is 4. The molecule has 1 N–H and O–H groups in total. The van der Waals surface area contributed by atoms with Crippen LogP contribution >= 0.6 is 0 Å². The quantitative estimate of drug-likeness (QED) is 0.708. The zero-order chi connectivity index (χ0) is 19.7. The first-order valence-corrected chi connectivity index (χ1v) is 8.62. The summed E-state index contributed by atoms with van der Waals surface area (Å²) in [5.74, 6) is -0.500. The standard InChI is InChI=1S/C22H16N2O4/c1-28-17-9-4-6-14(12-17)20(25)23-15-7-5-8-16(13-15)24-21(26)18-10-2-3-11-19(18)22(24)27/h2-13H,1H3,(H,23,25). The molecule has 4 rings (SSSR count). The van der Waals surface area contributed by atoms with Crippen molar-refractivity contribution in [3.8, 4) is 5.75 Å². The summed E-state index contributed by atoms with van der Waals surface area (Å²) < 4.78 is 5.13. The van der Waals surface area contributed by atoms with Gasteiger partial charge in [0.15, 0.2) is 0 Å². The molecule has 0 aromatic heterocycles. The van der Waals surface area contributed by atoms with Crippen LogP contribution in [0.2, 0.25) is 0 Å². The molecule has 0 atom stereocenters. The molecule has 1 aliphatic heterocycles.